The van der Waals surface area contributed by atoms with Gasteiger partial charge in [-0.3, -0.25) is 14.4 Å². The number of nitrogens with one attached hydrogen (secondary N) is 2. The molecule has 0 atom stereocenters. The Labute approximate surface area is 191 Å². The molecule has 3 aromatic rings. The molecule has 0 spiro atoms. The number of anilines is 3. The van der Waals surface area contributed by atoms with Crippen LogP contribution in [0.2, 0.25) is 0 Å². The minimum Gasteiger partial charge on any atom is -0.494 e. The topological polar surface area (TPSA) is 87.7 Å². The fourth-order valence-corrected chi connectivity index (χ4v) is 3.62. The van der Waals surface area contributed by atoms with Crippen LogP contribution in [0.15, 0.2) is 84.6 Å². The lowest BCUT2D eigenvalue weighted by Crippen LogP contribution is -2.32. The summed E-state index contributed by atoms with van der Waals surface area (Å²) in [6.45, 7) is 3.77. The summed E-state index contributed by atoms with van der Waals surface area (Å²) in [5.74, 6) is -0.478. The van der Waals surface area contributed by atoms with E-state index in [1.165, 1.54) is 6.92 Å². The zero-order valence-corrected chi connectivity index (χ0v) is 18.3. The second-order valence-electron chi connectivity index (χ2n) is 7.38. The van der Waals surface area contributed by atoms with Gasteiger partial charge in [0.15, 0.2) is 0 Å². The molecule has 166 valence electrons. The Morgan fingerprint density at radius 3 is 2.24 bits per heavy atom. The van der Waals surface area contributed by atoms with Crippen LogP contribution in [0.5, 0.6) is 5.75 Å². The number of hydrogen-bond donors (Lipinski definition) is 2. The van der Waals surface area contributed by atoms with Crippen LogP contribution in [0.1, 0.15) is 19.4 Å². The van der Waals surface area contributed by atoms with Crippen LogP contribution >= 0.6 is 0 Å². The van der Waals surface area contributed by atoms with Gasteiger partial charge in [0.2, 0.25) is 5.91 Å². The smallest absolute Gasteiger partial charge is 0.282 e. The van der Waals surface area contributed by atoms with E-state index in [-0.39, 0.29) is 17.2 Å². The minimum atomic E-state index is -0.460. The zero-order chi connectivity index (χ0) is 23.4. The Bertz CT molecular complexity index is 1230. The summed E-state index contributed by atoms with van der Waals surface area (Å²) in [4.78, 5) is 39.4. The fourth-order valence-electron chi connectivity index (χ4n) is 3.62. The number of nitrogens with zero attached hydrogens (tertiary/aromatic N) is 1. The lowest BCUT2D eigenvalue weighted by atomic mass is 10.0. The standard InChI is InChI=1S/C26H23N3O4/c1-3-33-22-11-7-10-21(16-22)29-25(31)23(18-8-5-4-6-9-18)24(26(29)32)28-20-14-12-19(13-15-20)27-17(2)30/h4-16,28H,3H2,1-2H3,(H,27,30). The number of rotatable bonds is 7. The van der Waals surface area contributed by atoms with Gasteiger partial charge >= 0.3 is 0 Å². The number of benzene rings is 3. The second-order valence-corrected chi connectivity index (χ2v) is 7.38. The first kappa shape index (κ1) is 21.8. The Morgan fingerprint density at radius 1 is 0.879 bits per heavy atom. The van der Waals surface area contributed by atoms with Crippen molar-refractivity contribution in [1.82, 2.24) is 0 Å². The predicted molar refractivity (Wildman–Crippen MR) is 128 cm³/mol. The van der Waals surface area contributed by atoms with E-state index in [9.17, 15) is 14.4 Å². The van der Waals surface area contributed by atoms with Gasteiger partial charge in [-0.15, -0.1) is 0 Å². The highest BCUT2D eigenvalue weighted by molar-refractivity contribution is 6.46. The van der Waals surface area contributed by atoms with E-state index in [0.29, 0.717) is 35.0 Å². The van der Waals surface area contributed by atoms with Gasteiger partial charge in [-0.25, -0.2) is 4.90 Å². The molecule has 7 nitrogen and oxygen atoms in total. The summed E-state index contributed by atoms with van der Waals surface area (Å²) in [7, 11) is 0. The van der Waals surface area contributed by atoms with E-state index in [0.717, 1.165) is 4.90 Å². The van der Waals surface area contributed by atoms with Crippen LogP contribution < -0.4 is 20.3 Å². The van der Waals surface area contributed by atoms with E-state index in [1.54, 1.807) is 60.7 Å². The summed E-state index contributed by atoms with van der Waals surface area (Å²) in [5, 5.41) is 5.81. The molecule has 0 radical (unpaired) electrons. The molecule has 4 rings (SSSR count). The Kier molecular flexibility index (Phi) is 6.22. The average Bonchev–Trinajstić information content (AvgIpc) is 3.05. The van der Waals surface area contributed by atoms with Crippen molar-refractivity contribution in [2.45, 2.75) is 13.8 Å². The molecule has 0 saturated carbocycles. The Morgan fingerprint density at radius 2 is 1.58 bits per heavy atom. The minimum absolute atomic E-state index is 0.175. The molecule has 3 aromatic carbocycles. The van der Waals surface area contributed by atoms with Gasteiger partial charge in [-0.1, -0.05) is 36.4 Å². The summed E-state index contributed by atoms with van der Waals surface area (Å²) >= 11 is 0. The lowest BCUT2D eigenvalue weighted by Gasteiger charge is -2.16. The molecule has 0 aromatic heterocycles. The lowest BCUT2D eigenvalue weighted by molar-refractivity contribution is -0.120. The highest BCUT2D eigenvalue weighted by Gasteiger charge is 2.40. The largest absolute Gasteiger partial charge is 0.494 e. The van der Waals surface area contributed by atoms with Crippen molar-refractivity contribution in [2.75, 3.05) is 22.1 Å². The molecule has 33 heavy (non-hydrogen) atoms. The molecule has 1 aliphatic rings. The molecule has 0 bridgehead atoms. The van der Waals surface area contributed by atoms with Crippen LogP contribution in [-0.2, 0) is 14.4 Å². The molecular weight excluding hydrogens is 418 g/mol. The summed E-state index contributed by atoms with van der Waals surface area (Å²) in [5.41, 5.74) is 2.78. The van der Waals surface area contributed by atoms with Crippen molar-refractivity contribution < 1.29 is 19.1 Å². The molecule has 0 aliphatic carbocycles. The van der Waals surface area contributed by atoms with E-state index in [2.05, 4.69) is 10.6 Å². The number of carbonyl (C=O) groups excluding carboxylic acids is 3. The van der Waals surface area contributed by atoms with Crippen molar-refractivity contribution in [3.8, 4) is 5.75 Å². The second kappa shape index (κ2) is 9.40. The highest BCUT2D eigenvalue weighted by atomic mass is 16.5. The number of imide groups is 1. The quantitative estimate of drug-likeness (QED) is 0.529. The molecule has 2 N–H and O–H groups in total. The van der Waals surface area contributed by atoms with Crippen LogP contribution in [-0.4, -0.2) is 24.3 Å². The van der Waals surface area contributed by atoms with Gasteiger partial charge in [0.05, 0.1) is 17.9 Å². The maximum Gasteiger partial charge on any atom is 0.282 e. The van der Waals surface area contributed by atoms with E-state index in [4.69, 9.17) is 4.74 Å². The normalized spacial score (nSPS) is 13.3. The van der Waals surface area contributed by atoms with Crippen molar-refractivity contribution in [1.29, 1.82) is 0 Å². The molecule has 0 saturated heterocycles. The van der Waals surface area contributed by atoms with Crippen LogP contribution in [0.3, 0.4) is 0 Å². The Hall–Kier alpha value is -4.39. The van der Waals surface area contributed by atoms with E-state index >= 15 is 0 Å². The first-order chi connectivity index (χ1) is 16.0. The first-order valence-corrected chi connectivity index (χ1v) is 10.5. The maximum atomic E-state index is 13.5. The van der Waals surface area contributed by atoms with Crippen molar-refractivity contribution in [2.24, 2.45) is 0 Å². The molecule has 0 unspecified atom stereocenters. The number of hydrogen-bond acceptors (Lipinski definition) is 5. The van der Waals surface area contributed by atoms with Gasteiger partial charge in [-0.05, 0) is 48.9 Å². The molecule has 7 heteroatoms. The van der Waals surface area contributed by atoms with Crippen molar-refractivity contribution in [3.05, 3.63) is 90.1 Å². The first-order valence-electron chi connectivity index (χ1n) is 10.5. The molecule has 3 amide bonds. The van der Waals surface area contributed by atoms with Gasteiger partial charge < -0.3 is 15.4 Å². The summed E-state index contributed by atoms with van der Waals surface area (Å²) < 4.78 is 5.54. The average molecular weight is 441 g/mol. The van der Waals surface area contributed by atoms with Crippen LogP contribution in [0.4, 0.5) is 17.1 Å². The molecule has 1 heterocycles. The molecule has 0 fully saturated rings. The maximum absolute atomic E-state index is 13.5. The van der Waals surface area contributed by atoms with E-state index in [1.807, 2.05) is 25.1 Å². The number of amides is 3. The van der Waals surface area contributed by atoms with Crippen LogP contribution in [0.25, 0.3) is 5.57 Å². The molecular formula is C26H23N3O4. The predicted octanol–water partition coefficient (Wildman–Crippen LogP) is 4.44. The number of carbonyl (C=O) groups is 3. The summed E-state index contributed by atoms with van der Waals surface area (Å²) in [6, 6.07) is 22.9. The van der Waals surface area contributed by atoms with E-state index < -0.39 is 11.8 Å². The van der Waals surface area contributed by atoms with Crippen LogP contribution in [0, 0.1) is 0 Å². The van der Waals surface area contributed by atoms with Gasteiger partial charge in [0, 0.05) is 24.4 Å². The SMILES string of the molecule is CCOc1cccc(N2C(=O)C(Nc3ccc(NC(C)=O)cc3)=C(c3ccccc3)C2=O)c1. The van der Waals surface area contributed by atoms with Gasteiger partial charge in [-0.2, -0.15) is 0 Å². The third-order valence-electron chi connectivity index (χ3n) is 5.01. The summed E-state index contributed by atoms with van der Waals surface area (Å²) in [6.07, 6.45) is 0. The third kappa shape index (κ3) is 4.62. The Balaban J connectivity index is 1.72. The fraction of sp³-hybridized carbons (Fsp3) is 0.115. The number of ether oxygens (including phenoxy) is 1. The monoisotopic (exact) mass is 441 g/mol. The highest BCUT2D eigenvalue weighted by Crippen LogP contribution is 2.35. The van der Waals surface area contributed by atoms with Gasteiger partial charge in [0.25, 0.3) is 11.8 Å². The third-order valence-corrected chi connectivity index (χ3v) is 5.01. The van der Waals surface area contributed by atoms with Crippen molar-refractivity contribution >= 4 is 40.4 Å². The molecule has 1 aliphatic heterocycles. The van der Waals surface area contributed by atoms with Crippen molar-refractivity contribution in [3.63, 3.8) is 0 Å². The zero-order valence-electron chi connectivity index (χ0n) is 18.3. The van der Waals surface area contributed by atoms with Gasteiger partial charge in [0.1, 0.15) is 11.4 Å².